The third-order valence-corrected chi connectivity index (χ3v) is 5.17. The maximum Gasteiger partial charge on any atom is 0.243 e. The predicted octanol–water partition coefficient (Wildman–Crippen LogP) is 4.39. The lowest BCUT2D eigenvalue weighted by molar-refractivity contribution is -0.124. The number of hydrogen-bond acceptors (Lipinski definition) is 4. The molecule has 0 aliphatic carbocycles. The van der Waals surface area contributed by atoms with E-state index in [1.807, 2.05) is 17.5 Å². The third kappa shape index (κ3) is 3.58. The van der Waals surface area contributed by atoms with Crippen LogP contribution in [-0.2, 0) is 4.79 Å². The largest absolute Gasteiger partial charge is 0.348 e. The Morgan fingerprint density at radius 2 is 2.08 bits per heavy atom. The van der Waals surface area contributed by atoms with Crippen molar-refractivity contribution in [1.29, 1.82) is 0 Å². The Morgan fingerprint density at radius 3 is 2.73 bits per heavy atom. The van der Waals surface area contributed by atoms with Crippen molar-refractivity contribution in [1.82, 2.24) is 20.1 Å². The molecular weight excluding hydrogens is 378 g/mol. The molecule has 3 aromatic rings. The highest BCUT2D eigenvalue weighted by Crippen LogP contribution is 2.26. The first kappa shape index (κ1) is 18.4. The van der Waals surface area contributed by atoms with Gasteiger partial charge >= 0.3 is 0 Å². The Hall–Kier alpha value is -2.39. The molecule has 136 valence electrons. The molecule has 5 nitrogen and oxygen atoms in total. The maximum atomic E-state index is 13.4. The van der Waals surface area contributed by atoms with Crippen LogP contribution >= 0.6 is 23.6 Å². The minimum absolute atomic E-state index is 0.308. The van der Waals surface area contributed by atoms with Gasteiger partial charge in [-0.15, -0.1) is 11.3 Å². The molecule has 3 rings (SSSR count). The van der Waals surface area contributed by atoms with E-state index in [0.717, 1.165) is 17.0 Å². The fraction of sp³-hybridized carbons (Fsp3) is 0.235. The van der Waals surface area contributed by atoms with Crippen molar-refractivity contribution in [3.63, 3.8) is 0 Å². The Bertz CT molecular complexity index is 981. The molecule has 2 atom stereocenters. The zero-order chi connectivity index (χ0) is 18.8. The zero-order valence-corrected chi connectivity index (χ0v) is 15.6. The number of aromatic nitrogens is 3. The van der Waals surface area contributed by atoms with Gasteiger partial charge in [-0.05, 0) is 55.2 Å². The number of halogens is 2. The molecular formula is C17H16F2N4OS2. The van der Waals surface area contributed by atoms with Crippen molar-refractivity contribution in [2.45, 2.75) is 25.9 Å². The highest BCUT2D eigenvalue weighted by Gasteiger charge is 2.23. The lowest BCUT2D eigenvalue weighted by Crippen LogP contribution is -2.33. The van der Waals surface area contributed by atoms with E-state index < -0.39 is 23.7 Å². The van der Waals surface area contributed by atoms with Crippen LogP contribution in [0.25, 0.3) is 10.7 Å². The summed E-state index contributed by atoms with van der Waals surface area (Å²) in [6.07, 6.45) is 0. The van der Waals surface area contributed by atoms with Crippen molar-refractivity contribution >= 4 is 29.5 Å². The third-order valence-electron chi connectivity index (χ3n) is 4.02. The first-order chi connectivity index (χ1) is 12.4. The highest BCUT2D eigenvalue weighted by atomic mass is 32.1. The fourth-order valence-corrected chi connectivity index (χ4v) is 3.56. The number of amides is 1. The van der Waals surface area contributed by atoms with Gasteiger partial charge in [0.1, 0.15) is 6.04 Å². The number of carbonyl (C=O) groups excluding carboxylic acids is 1. The second-order valence-corrected chi connectivity index (χ2v) is 7.11. The zero-order valence-electron chi connectivity index (χ0n) is 14.0. The molecule has 0 bridgehead atoms. The van der Waals surface area contributed by atoms with Crippen molar-refractivity contribution in [2.75, 3.05) is 0 Å². The maximum absolute atomic E-state index is 13.4. The van der Waals surface area contributed by atoms with Gasteiger partial charge in [-0.1, -0.05) is 12.1 Å². The van der Waals surface area contributed by atoms with Crippen molar-refractivity contribution < 1.29 is 13.6 Å². The Morgan fingerprint density at radius 1 is 1.31 bits per heavy atom. The first-order valence-corrected chi connectivity index (χ1v) is 9.13. The van der Waals surface area contributed by atoms with Gasteiger partial charge in [-0.25, -0.2) is 8.78 Å². The van der Waals surface area contributed by atoms with Gasteiger partial charge in [0.2, 0.25) is 5.91 Å². The summed E-state index contributed by atoms with van der Waals surface area (Å²) in [5.41, 5.74) is 0.471. The second-order valence-electron chi connectivity index (χ2n) is 5.78. The summed E-state index contributed by atoms with van der Waals surface area (Å²) in [5, 5.41) is 11.6. The smallest absolute Gasteiger partial charge is 0.243 e. The van der Waals surface area contributed by atoms with Crippen LogP contribution < -0.4 is 5.32 Å². The number of carbonyl (C=O) groups is 1. The van der Waals surface area contributed by atoms with Gasteiger partial charge in [0.15, 0.2) is 22.2 Å². The first-order valence-electron chi connectivity index (χ1n) is 7.84. The van der Waals surface area contributed by atoms with E-state index in [0.29, 0.717) is 16.2 Å². The molecule has 0 saturated heterocycles. The van der Waals surface area contributed by atoms with Crippen molar-refractivity contribution in [3.8, 4) is 10.7 Å². The van der Waals surface area contributed by atoms with Gasteiger partial charge in [0.05, 0.1) is 10.9 Å². The Balaban J connectivity index is 1.81. The average molecular weight is 394 g/mol. The summed E-state index contributed by atoms with van der Waals surface area (Å²) in [7, 11) is 0. The van der Waals surface area contributed by atoms with Crippen LogP contribution in [0, 0.1) is 16.4 Å². The number of H-pyrrole nitrogens is 1. The lowest BCUT2D eigenvalue weighted by Gasteiger charge is -2.19. The Labute approximate surface area is 157 Å². The normalized spacial score (nSPS) is 13.4. The monoisotopic (exact) mass is 394 g/mol. The molecule has 26 heavy (non-hydrogen) atoms. The van der Waals surface area contributed by atoms with Gasteiger partial charge in [-0.3, -0.25) is 14.5 Å². The minimum atomic E-state index is -0.950. The van der Waals surface area contributed by atoms with Gasteiger partial charge in [-0.2, -0.15) is 5.10 Å². The molecule has 0 aliphatic rings. The number of aromatic amines is 1. The topological polar surface area (TPSA) is 62.7 Å². The SMILES string of the molecule is C[C@@H](NC(=O)[C@H](C)n1c(-c2cccs2)n[nH]c1=S)c1ccc(F)c(F)c1. The van der Waals surface area contributed by atoms with Gasteiger partial charge in [0.25, 0.3) is 0 Å². The van der Waals surface area contributed by atoms with Crippen LogP contribution in [0.15, 0.2) is 35.7 Å². The van der Waals surface area contributed by atoms with Crippen LogP contribution in [0.4, 0.5) is 8.78 Å². The van der Waals surface area contributed by atoms with E-state index in [2.05, 4.69) is 15.5 Å². The van der Waals surface area contributed by atoms with Crippen LogP contribution in [0.2, 0.25) is 0 Å². The number of benzene rings is 1. The molecule has 0 saturated carbocycles. The van der Waals surface area contributed by atoms with E-state index >= 15 is 0 Å². The predicted molar refractivity (Wildman–Crippen MR) is 98.4 cm³/mol. The van der Waals surface area contributed by atoms with Gasteiger partial charge < -0.3 is 5.32 Å². The lowest BCUT2D eigenvalue weighted by atomic mass is 10.1. The summed E-state index contributed by atoms with van der Waals surface area (Å²) in [4.78, 5) is 13.5. The number of thiophene rings is 1. The number of nitrogens with zero attached hydrogens (tertiary/aromatic N) is 2. The van der Waals surface area contributed by atoms with Crippen LogP contribution in [-0.4, -0.2) is 20.7 Å². The van der Waals surface area contributed by atoms with E-state index in [9.17, 15) is 13.6 Å². The van der Waals surface area contributed by atoms with Crippen molar-refractivity contribution in [3.05, 3.63) is 57.7 Å². The summed E-state index contributed by atoms with van der Waals surface area (Å²) in [6, 6.07) is 6.20. The molecule has 9 heteroatoms. The highest BCUT2D eigenvalue weighted by molar-refractivity contribution is 7.71. The molecule has 0 unspecified atom stereocenters. The van der Waals surface area contributed by atoms with Crippen LogP contribution in [0.5, 0.6) is 0 Å². The molecule has 1 aromatic carbocycles. The number of rotatable bonds is 5. The molecule has 2 N–H and O–H groups in total. The van der Waals surface area contributed by atoms with E-state index in [1.54, 1.807) is 18.4 Å². The molecule has 0 fully saturated rings. The summed E-state index contributed by atoms with van der Waals surface area (Å²) in [5.74, 6) is -1.61. The van der Waals surface area contributed by atoms with Crippen molar-refractivity contribution in [2.24, 2.45) is 0 Å². The molecule has 2 heterocycles. The quantitative estimate of drug-likeness (QED) is 0.631. The second kappa shape index (κ2) is 7.46. The molecule has 1 amide bonds. The fourth-order valence-electron chi connectivity index (χ4n) is 2.56. The standard InChI is InChI=1S/C17H16F2N4OS2/c1-9(11-5-6-12(18)13(19)8-11)20-16(24)10(2)23-15(21-22-17(23)25)14-4-3-7-26-14/h3-10H,1-2H3,(H,20,24)(H,22,25)/t9-,10+/m1/s1. The molecule has 0 aliphatic heterocycles. The van der Waals surface area contributed by atoms with E-state index in [4.69, 9.17) is 12.2 Å². The molecule has 0 radical (unpaired) electrons. The van der Waals surface area contributed by atoms with E-state index in [1.165, 1.54) is 17.4 Å². The van der Waals surface area contributed by atoms with Crippen LogP contribution in [0.1, 0.15) is 31.5 Å². The van der Waals surface area contributed by atoms with E-state index in [-0.39, 0.29) is 5.91 Å². The number of nitrogens with one attached hydrogen (secondary N) is 2. The number of hydrogen-bond donors (Lipinski definition) is 2. The summed E-state index contributed by atoms with van der Waals surface area (Å²) in [6.45, 7) is 3.40. The molecule has 0 spiro atoms. The molecule has 2 aromatic heterocycles. The Kier molecular flexibility index (Phi) is 5.28. The summed E-state index contributed by atoms with van der Waals surface area (Å²) < 4.78 is 28.4. The minimum Gasteiger partial charge on any atom is -0.348 e. The average Bonchev–Trinajstić information content (AvgIpc) is 3.25. The van der Waals surface area contributed by atoms with Crippen LogP contribution in [0.3, 0.4) is 0 Å². The summed E-state index contributed by atoms with van der Waals surface area (Å²) >= 11 is 6.75. The van der Waals surface area contributed by atoms with Gasteiger partial charge in [0, 0.05) is 0 Å².